The normalized spacial score (nSPS) is 12.9. The van der Waals surface area contributed by atoms with E-state index in [1.165, 1.54) is 0 Å². The molecule has 0 aliphatic carbocycles. The highest BCUT2D eigenvalue weighted by molar-refractivity contribution is 5.85. The molecule has 1 aliphatic rings. The third kappa shape index (κ3) is 1.63. The summed E-state index contributed by atoms with van der Waals surface area (Å²) in [6.07, 6.45) is 1.82. The van der Waals surface area contributed by atoms with Gasteiger partial charge in [0.15, 0.2) is 11.5 Å². The van der Waals surface area contributed by atoms with Crippen LogP contribution in [0.25, 0.3) is 10.9 Å². The molecule has 2 heterocycles. The van der Waals surface area contributed by atoms with Crippen LogP contribution in [0.15, 0.2) is 24.4 Å². The van der Waals surface area contributed by atoms with Crippen molar-refractivity contribution in [2.75, 3.05) is 18.8 Å². The van der Waals surface area contributed by atoms with E-state index in [0.717, 1.165) is 16.7 Å². The Labute approximate surface area is 96.9 Å². The minimum atomic E-state index is -0.410. The summed E-state index contributed by atoms with van der Waals surface area (Å²) in [6.45, 7) is 0.328. The summed E-state index contributed by atoms with van der Waals surface area (Å²) in [7, 11) is 0. The molecule has 2 aromatic rings. The molecule has 1 amide bonds. The molecule has 0 spiro atoms. The number of ether oxygens (including phenoxy) is 2. The molecule has 0 atom stereocenters. The predicted molar refractivity (Wildman–Crippen MR) is 61.5 cm³/mol. The standard InChI is InChI=1S/C11H11N3O3/c12-11(15)5-13-14-2-1-7-3-9-10(4-8(7)14)17-6-16-9/h1-4,13H,5-6H2,(H2,12,15). The van der Waals surface area contributed by atoms with E-state index in [4.69, 9.17) is 15.2 Å². The Morgan fingerprint density at radius 1 is 1.41 bits per heavy atom. The summed E-state index contributed by atoms with van der Waals surface area (Å²) in [4.78, 5) is 10.7. The SMILES string of the molecule is NC(=O)CNn1ccc2cc3c(cc21)OCO3. The monoisotopic (exact) mass is 233 g/mol. The van der Waals surface area contributed by atoms with Crippen molar-refractivity contribution < 1.29 is 14.3 Å². The minimum Gasteiger partial charge on any atom is -0.454 e. The van der Waals surface area contributed by atoms with Crippen molar-refractivity contribution in [2.45, 2.75) is 0 Å². The van der Waals surface area contributed by atoms with Gasteiger partial charge in [-0.05, 0) is 12.1 Å². The van der Waals surface area contributed by atoms with Crippen LogP contribution in [0, 0.1) is 0 Å². The molecule has 6 heteroatoms. The second kappa shape index (κ2) is 3.58. The fourth-order valence-corrected chi connectivity index (χ4v) is 1.83. The van der Waals surface area contributed by atoms with E-state index in [9.17, 15) is 4.79 Å². The first kappa shape index (κ1) is 9.83. The highest BCUT2D eigenvalue weighted by Crippen LogP contribution is 2.36. The van der Waals surface area contributed by atoms with Crippen LogP contribution in [0.5, 0.6) is 11.5 Å². The molecule has 6 nitrogen and oxygen atoms in total. The van der Waals surface area contributed by atoms with Gasteiger partial charge in [-0.25, -0.2) is 0 Å². The molecular formula is C11H11N3O3. The van der Waals surface area contributed by atoms with E-state index < -0.39 is 5.91 Å². The van der Waals surface area contributed by atoms with E-state index in [2.05, 4.69) is 5.43 Å². The summed E-state index contributed by atoms with van der Waals surface area (Å²) in [5, 5.41) is 1.01. The number of aromatic nitrogens is 1. The van der Waals surface area contributed by atoms with Gasteiger partial charge in [-0.3, -0.25) is 9.47 Å². The molecule has 0 fully saturated rings. The fourth-order valence-electron chi connectivity index (χ4n) is 1.83. The molecule has 1 aromatic heterocycles. The van der Waals surface area contributed by atoms with Gasteiger partial charge in [-0.15, -0.1) is 0 Å². The zero-order valence-corrected chi connectivity index (χ0v) is 8.97. The first-order valence-corrected chi connectivity index (χ1v) is 5.17. The van der Waals surface area contributed by atoms with Gasteiger partial charge in [0.25, 0.3) is 0 Å². The molecule has 0 unspecified atom stereocenters. The van der Waals surface area contributed by atoms with Crippen molar-refractivity contribution in [3.05, 3.63) is 24.4 Å². The Kier molecular flexibility index (Phi) is 2.07. The summed E-state index contributed by atoms with van der Waals surface area (Å²) in [5.41, 5.74) is 8.90. The van der Waals surface area contributed by atoms with Crippen LogP contribution in [0.4, 0.5) is 0 Å². The Hall–Kier alpha value is -2.37. The third-order valence-electron chi connectivity index (χ3n) is 2.61. The van der Waals surface area contributed by atoms with Crippen molar-refractivity contribution in [2.24, 2.45) is 5.73 Å². The number of nitrogens with zero attached hydrogens (tertiary/aromatic N) is 1. The van der Waals surface area contributed by atoms with Crippen molar-refractivity contribution >= 4 is 16.8 Å². The molecule has 3 N–H and O–H groups in total. The number of rotatable bonds is 3. The highest BCUT2D eigenvalue weighted by Gasteiger charge is 2.15. The maximum atomic E-state index is 10.7. The van der Waals surface area contributed by atoms with Gasteiger partial charge in [0.2, 0.25) is 12.7 Å². The molecule has 0 saturated carbocycles. The number of fused-ring (bicyclic) bond motifs is 2. The number of nitrogens with one attached hydrogen (secondary N) is 1. The van der Waals surface area contributed by atoms with Crippen molar-refractivity contribution in [1.29, 1.82) is 0 Å². The molecule has 1 aliphatic heterocycles. The van der Waals surface area contributed by atoms with Crippen LogP contribution < -0.4 is 20.6 Å². The Balaban J connectivity index is 2.00. The minimum absolute atomic E-state index is 0.0816. The molecule has 88 valence electrons. The number of carbonyl (C=O) groups excluding carboxylic acids is 1. The van der Waals surface area contributed by atoms with Gasteiger partial charge in [0.05, 0.1) is 5.52 Å². The van der Waals surface area contributed by atoms with Crippen LogP contribution in [0.2, 0.25) is 0 Å². The molecule has 1 aromatic carbocycles. The van der Waals surface area contributed by atoms with Crippen molar-refractivity contribution in [3.63, 3.8) is 0 Å². The van der Waals surface area contributed by atoms with E-state index in [0.29, 0.717) is 5.75 Å². The van der Waals surface area contributed by atoms with Crippen LogP contribution in [-0.2, 0) is 4.79 Å². The lowest BCUT2D eigenvalue weighted by molar-refractivity contribution is -0.116. The van der Waals surface area contributed by atoms with Gasteiger partial charge in [0.1, 0.15) is 6.54 Å². The Bertz CT molecular complexity index is 591. The molecule has 0 saturated heterocycles. The molecule has 17 heavy (non-hydrogen) atoms. The van der Waals surface area contributed by atoms with E-state index in [1.807, 2.05) is 24.4 Å². The van der Waals surface area contributed by atoms with E-state index >= 15 is 0 Å². The summed E-state index contributed by atoms with van der Waals surface area (Å²) in [5.74, 6) is 1.04. The Morgan fingerprint density at radius 2 is 2.18 bits per heavy atom. The number of hydrogen-bond donors (Lipinski definition) is 2. The maximum absolute atomic E-state index is 10.7. The van der Waals surface area contributed by atoms with Gasteiger partial charge in [-0.2, -0.15) is 0 Å². The number of nitrogens with two attached hydrogens (primary N) is 1. The predicted octanol–water partition coefficient (Wildman–Crippen LogP) is 0.399. The molecule has 0 radical (unpaired) electrons. The second-order valence-electron chi connectivity index (χ2n) is 3.75. The summed E-state index contributed by atoms with van der Waals surface area (Å²) in [6, 6.07) is 5.69. The number of primary amides is 1. The van der Waals surface area contributed by atoms with Crippen molar-refractivity contribution in [1.82, 2.24) is 4.68 Å². The average molecular weight is 233 g/mol. The number of carbonyl (C=O) groups is 1. The number of hydrogen-bond acceptors (Lipinski definition) is 4. The summed E-state index contributed by atoms with van der Waals surface area (Å²) >= 11 is 0. The molecular weight excluding hydrogens is 222 g/mol. The smallest absolute Gasteiger partial charge is 0.238 e. The lowest BCUT2D eigenvalue weighted by Gasteiger charge is -2.07. The first-order valence-electron chi connectivity index (χ1n) is 5.17. The van der Waals surface area contributed by atoms with E-state index in [1.54, 1.807) is 4.68 Å². The van der Waals surface area contributed by atoms with Gasteiger partial charge < -0.3 is 20.6 Å². The third-order valence-corrected chi connectivity index (χ3v) is 2.61. The van der Waals surface area contributed by atoms with Crippen LogP contribution in [0.3, 0.4) is 0 Å². The van der Waals surface area contributed by atoms with Gasteiger partial charge in [0, 0.05) is 17.6 Å². The maximum Gasteiger partial charge on any atom is 0.238 e. The zero-order chi connectivity index (χ0) is 11.8. The number of benzene rings is 1. The summed E-state index contributed by atoms with van der Waals surface area (Å²) < 4.78 is 12.3. The fraction of sp³-hybridized carbons (Fsp3) is 0.182. The topological polar surface area (TPSA) is 78.5 Å². The molecule has 3 rings (SSSR count). The second-order valence-corrected chi connectivity index (χ2v) is 3.75. The molecule has 0 bridgehead atoms. The van der Waals surface area contributed by atoms with Crippen molar-refractivity contribution in [3.8, 4) is 11.5 Å². The van der Waals surface area contributed by atoms with Crippen LogP contribution in [-0.4, -0.2) is 23.9 Å². The van der Waals surface area contributed by atoms with Crippen LogP contribution in [0.1, 0.15) is 0 Å². The quantitative estimate of drug-likeness (QED) is 0.804. The lowest BCUT2D eigenvalue weighted by Crippen LogP contribution is -2.27. The highest BCUT2D eigenvalue weighted by atomic mass is 16.7. The van der Waals surface area contributed by atoms with Gasteiger partial charge >= 0.3 is 0 Å². The van der Waals surface area contributed by atoms with Gasteiger partial charge in [-0.1, -0.05) is 0 Å². The van der Waals surface area contributed by atoms with Crippen LogP contribution >= 0.6 is 0 Å². The first-order chi connectivity index (χ1) is 8.24. The number of amides is 1. The average Bonchev–Trinajstić information content (AvgIpc) is 2.88. The largest absolute Gasteiger partial charge is 0.454 e. The lowest BCUT2D eigenvalue weighted by atomic mass is 10.2. The Morgan fingerprint density at radius 3 is 2.94 bits per heavy atom. The zero-order valence-electron chi connectivity index (χ0n) is 8.97. The van der Waals surface area contributed by atoms with E-state index in [-0.39, 0.29) is 13.3 Å².